The molecule has 9 rings (SSSR count). The predicted molar refractivity (Wildman–Crippen MR) is 216 cm³/mol. The van der Waals surface area contributed by atoms with Gasteiger partial charge in [0.15, 0.2) is 24.7 Å². The minimum Gasteiger partial charge on any atom is -0.394 e. The van der Waals surface area contributed by atoms with Crippen molar-refractivity contribution in [2.75, 3.05) is 26.4 Å². The molecule has 9 fully saturated rings. The van der Waals surface area contributed by atoms with Crippen LogP contribution in [0.4, 0.5) is 0 Å². The number of carbonyl (C=O) groups excluding carboxylic acids is 1. The third kappa shape index (κ3) is 7.67. The van der Waals surface area contributed by atoms with E-state index in [0.717, 1.165) is 38.5 Å². The zero-order valence-electron chi connectivity index (χ0n) is 37.2. The van der Waals surface area contributed by atoms with Crippen LogP contribution in [-0.4, -0.2) is 193 Å². The van der Waals surface area contributed by atoms with Crippen LogP contribution in [0.2, 0.25) is 0 Å². The molecule has 4 saturated carbocycles. The number of aliphatic hydroxyl groups excluding tert-OH is 10. The molecule has 0 aromatic rings. The lowest BCUT2D eigenvalue weighted by molar-refractivity contribution is -0.390. The fourth-order valence-corrected chi connectivity index (χ4v) is 14.4. The molecule has 10 N–H and O–H groups in total. The molecule has 0 aromatic heterocycles. The van der Waals surface area contributed by atoms with Gasteiger partial charge in [0.05, 0.1) is 38.6 Å². The Morgan fingerprint density at radius 3 is 1.92 bits per heavy atom. The van der Waals surface area contributed by atoms with Gasteiger partial charge in [-0.2, -0.15) is 0 Å². The third-order valence-corrected chi connectivity index (χ3v) is 18.2. The van der Waals surface area contributed by atoms with Gasteiger partial charge in [0, 0.05) is 30.1 Å². The number of ketones is 1. The van der Waals surface area contributed by atoms with Crippen molar-refractivity contribution in [2.24, 2.45) is 52.3 Å². The van der Waals surface area contributed by atoms with Crippen LogP contribution in [0.3, 0.4) is 0 Å². The molecule has 5 aliphatic heterocycles. The maximum Gasteiger partial charge on any atom is 0.187 e. The number of ether oxygens (including phenoxy) is 8. The van der Waals surface area contributed by atoms with E-state index in [-0.39, 0.29) is 47.2 Å². The molecule has 0 bridgehead atoms. The Labute approximate surface area is 373 Å². The van der Waals surface area contributed by atoms with E-state index in [0.29, 0.717) is 43.5 Å². The van der Waals surface area contributed by atoms with Crippen LogP contribution in [0.5, 0.6) is 0 Å². The normalized spacial score (nSPS) is 57.5. The molecule has 19 nitrogen and oxygen atoms in total. The highest BCUT2D eigenvalue weighted by Gasteiger charge is 2.72. The van der Waals surface area contributed by atoms with Gasteiger partial charge < -0.3 is 89.0 Å². The Morgan fingerprint density at radius 2 is 1.25 bits per heavy atom. The molecule has 0 amide bonds. The van der Waals surface area contributed by atoms with Crippen molar-refractivity contribution in [3.05, 3.63) is 0 Å². The maximum atomic E-state index is 14.6. The first-order chi connectivity index (χ1) is 30.4. The average Bonchev–Trinajstić information content (AvgIpc) is 3.73. The molecule has 27 atom stereocenters. The predicted octanol–water partition coefficient (Wildman–Crippen LogP) is -1.55. The maximum absolute atomic E-state index is 14.6. The van der Waals surface area contributed by atoms with Gasteiger partial charge in [-0.25, -0.2) is 0 Å². The molecule has 4 aliphatic carbocycles. The lowest BCUT2D eigenvalue weighted by atomic mass is 9.44. The number of fused-ring (bicyclic) bond motifs is 7. The van der Waals surface area contributed by atoms with Crippen molar-refractivity contribution in [1.29, 1.82) is 0 Å². The fraction of sp³-hybridized carbons (Fsp3) is 0.978. The third-order valence-electron chi connectivity index (χ3n) is 18.2. The highest BCUT2D eigenvalue weighted by Crippen LogP contribution is 2.70. The highest BCUT2D eigenvalue weighted by atomic mass is 16.8. The largest absolute Gasteiger partial charge is 0.394 e. The van der Waals surface area contributed by atoms with Crippen molar-refractivity contribution >= 4 is 5.78 Å². The van der Waals surface area contributed by atoms with Crippen LogP contribution < -0.4 is 0 Å². The van der Waals surface area contributed by atoms with E-state index in [2.05, 4.69) is 27.7 Å². The molecule has 64 heavy (non-hydrogen) atoms. The molecule has 0 aromatic carbocycles. The molecule has 5 heterocycles. The highest BCUT2D eigenvalue weighted by molar-refractivity contribution is 5.87. The van der Waals surface area contributed by atoms with E-state index in [9.17, 15) is 55.9 Å². The summed E-state index contributed by atoms with van der Waals surface area (Å²) >= 11 is 0. The van der Waals surface area contributed by atoms with E-state index < -0.39 is 123 Å². The van der Waals surface area contributed by atoms with Crippen LogP contribution in [0.1, 0.15) is 85.5 Å². The summed E-state index contributed by atoms with van der Waals surface area (Å²) in [5, 5.41) is 106. The minimum atomic E-state index is -1.90. The van der Waals surface area contributed by atoms with Gasteiger partial charge in [0.25, 0.3) is 0 Å². The van der Waals surface area contributed by atoms with Gasteiger partial charge in [-0.1, -0.05) is 27.7 Å². The van der Waals surface area contributed by atoms with Crippen molar-refractivity contribution in [2.45, 2.75) is 196 Å². The Morgan fingerprint density at radius 1 is 0.641 bits per heavy atom. The number of hydrogen-bond acceptors (Lipinski definition) is 19. The lowest BCUT2D eigenvalue weighted by Crippen LogP contribution is -2.67. The summed E-state index contributed by atoms with van der Waals surface area (Å²) < 4.78 is 48.7. The number of carbonyl (C=O) groups is 1. The fourth-order valence-electron chi connectivity index (χ4n) is 14.4. The molecule has 0 unspecified atom stereocenters. The van der Waals surface area contributed by atoms with Gasteiger partial charge in [-0.15, -0.1) is 0 Å². The minimum absolute atomic E-state index is 0.0132. The van der Waals surface area contributed by atoms with Gasteiger partial charge in [-0.05, 0) is 80.0 Å². The van der Waals surface area contributed by atoms with Crippen molar-refractivity contribution in [3.63, 3.8) is 0 Å². The lowest BCUT2D eigenvalue weighted by Gasteiger charge is -2.60. The second-order valence-electron chi connectivity index (χ2n) is 21.4. The molecule has 9 aliphatic rings. The van der Waals surface area contributed by atoms with Crippen LogP contribution in [0, 0.1) is 52.3 Å². The van der Waals surface area contributed by atoms with Gasteiger partial charge >= 0.3 is 0 Å². The second-order valence-corrected chi connectivity index (χ2v) is 21.4. The summed E-state index contributed by atoms with van der Waals surface area (Å²) in [6, 6.07) is 0. The molecular weight excluding hydrogens is 844 g/mol. The molecule has 0 radical (unpaired) electrons. The van der Waals surface area contributed by atoms with Crippen molar-refractivity contribution < 1.29 is 93.8 Å². The Balaban J connectivity index is 0.844. The average molecular weight is 917 g/mol. The quantitative estimate of drug-likeness (QED) is 0.117. The first kappa shape index (κ1) is 48.0. The zero-order chi connectivity index (χ0) is 45.8. The van der Waals surface area contributed by atoms with Gasteiger partial charge in [0.1, 0.15) is 79.0 Å². The molecule has 366 valence electrons. The van der Waals surface area contributed by atoms with Crippen molar-refractivity contribution in [1.82, 2.24) is 0 Å². The van der Waals surface area contributed by atoms with Crippen LogP contribution in [0.25, 0.3) is 0 Å². The van der Waals surface area contributed by atoms with Gasteiger partial charge in [-0.3, -0.25) is 4.79 Å². The summed E-state index contributed by atoms with van der Waals surface area (Å²) in [4.78, 5) is 14.6. The summed E-state index contributed by atoms with van der Waals surface area (Å²) in [7, 11) is 0. The molecular formula is C45H72O19. The summed E-state index contributed by atoms with van der Waals surface area (Å²) in [6.45, 7) is 7.40. The van der Waals surface area contributed by atoms with Crippen LogP contribution >= 0.6 is 0 Å². The van der Waals surface area contributed by atoms with Crippen LogP contribution in [0.15, 0.2) is 0 Å². The van der Waals surface area contributed by atoms with Crippen molar-refractivity contribution in [3.8, 4) is 0 Å². The first-order valence-electron chi connectivity index (χ1n) is 23.8. The molecule has 1 spiro atoms. The Bertz CT molecular complexity index is 1650. The summed E-state index contributed by atoms with van der Waals surface area (Å²) in [5.74, 6) is 1.65. The number of hydrogen-bond donors (Lipinski definition) is 10. The number of Topliss-reactive ketones (excluding diaryl/α,β-unsaturated/α-hetero) is 1. The monoisotopic (exact) mass is 916 g/mol. The second kappa shape index (κ2) is 18.0. The van der Waals surface area contributed by atoms with E-state index in [4.69, 9.17) is 37.9 Å². The van der Waals surface area contributed by atoms with E-state index in [1.165, 1.54) is 0 Å². The number of rotatable bonds is 9. The number of aliphatic hydroxyl groups is 10. The topological polar surface area (TPSA) is 293 Å². The summed E-state index contributed by atoms with van der Waals surface area (Å²) in [5.41, 5.74) is -0.557. The van der Waals surface area contributed by atoms with Crippen LogP contribution in [-0.2, 0) is 42.7 Å². The van der Waals surface area contributed by atoms with E-state index >= 15 is 0 Å². The smallest absolute Gasteiger partial charge is 0.187 e. The molecule has 5 saturated heterocycles. The molecule has 19 heteroatoms. The van der Waals surface area contributed by atoms with E-state index in [1.54, 1.807) is 0 Å². The Kier molecular flexibility index (Phi) is 13.5. The standard InChI is InChI=1S/C45H72O19/c1-18-7-10-45(57-17-18)19(2)30-25(64-45)12-24-22-6-5-20-11-21(8-9-43(20,3)23(22)13-29(49)44(24,30)4)58-40-37(56)35(54)38(28(16-48)61-40)62-42-39(34(53)32(51)27(15-47)60-42)63-41-36(55)33(52)31(50)26(14-46)59-41/h18-28,30-42,46-48,50-56H,5-17H2,1-4H3/t18-,19+,20+,21+,22-,23+,24+,25+,26-,27-,28-,30+,31+,32-,33+,34+,35-,36-,37-,38+,39-,40-,41+,42+,43+,44-,45-/m1/s1. The SMILES string of the molecule is C[C@@H]1CC[C@@]2(OC1)O[C@H]1C[C@H]3[C@@H]4CC[C@H]5C[C@@H](O[C@@H]6O[C@H](CO)[C@H](O[C@@H]7O[C@H](CO)[C@@H](O)[C@H](O)[C@H]7O[C@@H]7O[C@H](CO)[C@H](O)[C@H](O)[C@H]7O)[C@H](O)[C@H]6O)CC[C@]5(C)[C@H]4CC(=O)[C@]3(C)[C@H]1[C@@H]2C. The summed E-state index contributed by atoms with van der Waals surface area (Å²) in [6.07, 6.45) is -17.9. The van der Waals surface area contributed by atoms with Gasteiger partial charge in [0.2, 0.25) is 0 Å². The zero-order valence-corrected chi connectivity index (χ0v) is 37.2. The van der Waals surface area contributed by atoms with E-state index in [1.807, 2.05) is 0 Å². The Hall–Kier alpha value is -1.05. The first-order valence-corrected chi connectivity index (χ1v) is 23.8.